The van der Waals surface area contributed by atoms with E-state index >= 15 is 0 Å². The molecule has 4 aliphatic rings. The van der Waals surface area contributed by atoms with Crippen molar-refractivity contribution >= 4 is 0 Å². The Hall–Kier alpha value is -0.300. The molecule has 0 unspecified atom stereocenters. The van der Waals surface area contributed by atoms with Crippen LogP contribution in [0.15, 0.2) is 11.6 Å². The van der Waals surface area contributed by atoms with E-state index in [2.05, 4.69) is 47.6 Å². The Morgan fingerprint density at radius 3 is 2.34 bits per heavy atom. The van der Waals surface area contributed by atoms with Gasteiger partial charge in [0.05, 0.1) is 6.10 Å². The van der Waals surface area contributed by atoms with E-state index < -0.39 is 0 Å². The maximum atomic E-state index is 10.2. The molecule has 0 aliphatic heterocycles. The van der Waals surface area contributed by atoms with Crippen LogP contribution in [0.5, 0.6) is 0 Å². The average molecular weight is 401 g/mol. The molecule has 0 radical (unpaired) electrons. The SMILES string of the molecule is CC(C)[C@H](C)CC[C@@H](C)[C@@H]1CC[C@@H]2C3=CC[C@H]4C[C@H](O)CC[C@]4(C)[C@H]3CC[C@]21C. The summed E-state index contributed by atoms with van der Waals surface area (Å²) in [6, 6.07) is 0. The minimum absolute atomic E-state index is 0.0400. The van der Waals surface area contributed by atoms with Gasteiger partial charge in [0.25, 0.3) is 0 Å². The third kappa shape index (κ3) is 3.66. The Labute approximate surface area is 181 Å². The second kappa shape index (κ2) is 7.99. The van der Waals surface area contributed by atoms with E-state index in [4.69, 9.17) is 0 Å². The second-order valence-corrected chi connectivity index (χ2v) is 12.7. The van der Waals surface area contributed by atoms with Gasteiger partial charge in [0, 0.05) is 0 Å². The average Bonchev–Trinajstić information content (AvgIpc) is 3.03. The number of fused-ring (bicyclic) bond motifs is 5. The van der Waals surface area contributed by atoms with Crippen molar-refractivity contribution < 1.29 is 5.11 Å². The number of aliphatic hydroxyl groups excluding tert-OH is 1. The van der Waals surface area contributed by atoms with Gasteiger partial charge in [-0.25, -0.2) is 0 Å². The molecule has 0 aromatic carbocycles. The fourth-order valence-corrected chi connectivity index (χ4v) is 8.53. The molecule has 4 aliphatic carbocycles. The third-order valence-electron chi connectivity index (χ3n) is 11.0. The predicted octanol–water partition coefficient (Wildman–Crippen LogP) is 7.63. The molecule has 29 heavy (non-hydrogen) atoms. The molecule has 0 saturated heterocycles. The summed E-state index contributed by atoms with van der Waals surface area (Å²) in [4.78, 5) is 0. The van der Waals surface area contributed by atoms with Crippen molar-refractivity contribution in [3.63, 3.8) is 0 Å². The highest BCUT2D eigenvalue weighted by atomic mass is 16.3. The topological polar surface area (TPSA) is 20.2 Å². The molecular formula is C28H48O. The van der Waals surface area contributed by atoms with Crippen molar-refractivity contribution in [3.8, 4) is 0 Å². The summed E-state index contributed by atoms with van der Waals surface area (Å²) in [6.45, 7) is 15.1. The highest BCUT2D eigenvalue weighted by molar-refractivity contribution is 5.27. The molecule has 0 spiro atoms. The largest absolute Gasteiger partial charge is 0.393 e. The molecule has 1 heteroatoms. The predicted molar refractivity (Wildman–Crippen MR) is 124 cm³/mol. The van der Waals surface area contributed by atoms with Gasteiger partial charge in [0.1, 0.15) is 0 Å². The van der Waals surface area contributed by atoms with E-state index in [9.17, 15) is 5.11 Å². The summed E-state index contributed by atoms with van der Waals surface area (Å²) < 4.78 is 0. The van der Waals surface area contributed by atoms with Crippen LogP contribution in [0.4, 0.5) is 0 Å². The number of rotatable bonds is 5. The Morgan fingerprint density at radius 1 is 0.931 bits per heavy atom. The molecule has 4 rings (SSSR count). The van der Waals surface area contributed by atoms with Gasteiger partial charge in [-0.05, 0) is 104 Å². The molecule has 0 bridgehead atoms. The van der Waals surface area contributed by atoms with Crippen molar-refractivity contribution in [1.82, 2.24) is 0 Å². The van der Waals surface area contributed by atoms with Crippen LogP contribution in [0.2, 0.25) is 0 Å². The first kappa shape index (κ1) is 21.9. The minimum atomic E-state index is -0.0400. The molecule has 166 valence electrons. The van der Waals surface area contributed by atoms with Crippen molar-refractivity contribution in [1.29, 1.82) is 0 Å². The van der Waals surface area contributed by atoms with Crippen LogP contribution in [-0.2, 0) is 0 Å². The van der Waals surface area contributed by atoms with E-state index in [-0.39, 0.29) is 6.10 Å². The lowest BCUT2D eigenvalue weighted by molar-refractivity contribution is -0.0428. The van der Waals surface area contributed by atoms with Crippen molar-refractivity contribution in [2.75, 3.05) is 0 Å². The van der Waals surface area contributed by atoms with Crippen molar-refractivity contribution in [2.24, 2.45) is 52.3 Å². The Kier molecular flexibility index (Phi) is 6.04. The summed E-state index contributed by atoms with van der Waals surface area (Å²) in [7, 11) is 0. The minimum Gasteiger partial charge on any atom is -0.393 e. The molecular weight excluding hydrogens is 352 g/mol. The van der Waals surface area contributed by atoms with Crippen LogP contribution in [0.25, 0.3) is 0 Å². The van der Waals surface area contributed by atoms with Crippen LogP contribution in [0.1, 0.15) is 106 Å². The number of allylic oxidation sites excluding steroid dienone is 2. The fraction of sp³-hybridized carbons (Fsp3) is 0.929. The van der Waals surface area contributed by atoms with E-state index in [1.807, 2.05) is 5.57 Å². The van der Waals surface area contributed by atoms with E-state index in [1.165, 1.54) is 51.4 Å². The molecule has 0 aromatic heterocycles. The lowest BCUT2D eigenvalue weighted by Crippen LogP contribution is -2.49. The van der Waals surface area contributed by atoms with Crippen molar-refractivity contribution in [3.05, 3.63) is 11.6 Å². The third-order valence-corrected chi connectivity index (χ3v) is 11.0. The highest BCUT2D eigenvalue weighted by Crippen LogP contribution is 2.67. The summed E-state index contributed by atoms with van der Waals surface area (Å²) in [5, 5.41) is 10.2. The van der Waals surface area contributed by atoms with Gasteiger partial charge in [0.15, 0.2) is 0 Å². The summed E-state index contributed by atoms with van der Waals surface area (Å²) in [6.07, 6.45) is 15.8. The first-order valence-corrected chi connectivity index (χ1v) is 13.0. The first-order valence-electron chi connectivity index (χ1n) is 13.0. The quantitative estimate of drug-likeness (QED) is 0.470. The maximum absolute atomic E-state index is 10.2. The fourth-order valence-electron chi connectivity index (χ4n) is 8.53. The Morgan fingerprint density at radius 2 is 1.62 bits per heavy atom. The zero-order valence-electron chi connectivity index (χ0n) is 20.2. The zero-order valence-corrected chi connectivity index (χ0v) is 20.2. The molecule has 1 nitrogen and oxygen atoms in total. The normalized spacial score (nSPS) is 46.5. The Bertz CT molecular complexity index is 620. The second-order valence-electron chi connectivity index (χ2n) is 12.7. The monoisotopic (exact) mass is 400 g/mol. The van der Waals surface area contributed by atoms with Crippen molar-refractivity contribution in [2.45, 2.75) is 112 Å². The van der Waals surface area contributed by atoms with Crippen LogP contribution in [0.3, 0.4) is 0 Å². The summed E-state index contributed by atoms with van der Waals surface area (Å²) >= 11 is 0. The first-order chi connectivity index (χ1) is 13.7. The Balaban J connectivity index is 1.50. The number of aliphatic hydroxyl groups is 1. The maximum Gasteiger partial charge on any atom is 0.0543 e. The standard InChI is InChI=1S/C28H48O/c1-18(2)19(3)7-8-20(4)24-11-12-25-23-10-9-21-17-22(29)13-15-27(21,5)26(23)14-16-28(24,25)6/h10,18-22,24-26,29H,7-9,11-17H2,1-6H3/t19-,20-,21+,22-,24+,25-,26+,27+,28+/m1/s1. The van der Waals surface area contributed by atoms with Gasteiger partial charge in [-0.15, -0.1) is 0 Å². The van der Waals surface area contributed by atoms with Gasteiger partial charge in [-0.1, -0.05) is 66.0 Å². The summed E-state index contributed by atoms with van der Waals surface area (Å²) in [5.41, 5.74) is 2.88. The van der Waals surface area contributed by atoms with Gasteiger partial charge < -0.3 is 5.11 Å². The zero-order chi connectivity index (χ0) is 21.0. The smallest absolute Gasteiger partial charge is 0.0543 e. The van der Waals surface area contributed by atoms with Crippen LogP contribution < -0.4 is 0 Å². The van der Waals surface area contributed by atoms with E-state index in [0.717, 1.165) is 54.3 Å². The number of hydrogen-bond acceptors (Lipinski definition) is 1. The molecule has 3 fully saturated rings. The van der Waals surface area contributed by atoms with Gasteiger partial charge in [-0.3, -0.25) is 0 Å². The molecule has 1 N–H and O–H groups in total. The molecule has 9 atom stereocenters. The van der Waals surface area contributed by atoms with E-state index in [0.29, 0.717) is 10.8 Å². The van der Waals surface area contributed by atoms with Crippen LogP contribution in [0, 0.1) is 52.3 Å². The highest BCUT2D eigenvalue weighted by Gasteiger charge is 2.58. The lowest BCUT2D eigenvalue weighted by Gasteiger charge is -2.57. The van der Waals surface area contributed by atoms with E-state index in [1.54, 1.807) is 0 Å². The molecule has 0 amide bonds. The molecule has 3 saturated carbocycles. The molecule has 0 heterocycles. The van der Waals surface area contributed by atoms with Gasteiger partial charge >= 0.3 is 0 Å². The number of hydrogen-bond donors (Lipinski definition) is 1. The van der Waals surface area contributed by atoms with Crippen LogP contribution >= 0.6 is 0 Å². The summed E-state index contributed by atoms with van der Waals surface area (Å²) in [5.74, 6) is 5.85. The van der Waals surface area contributed by atoms with Gasteiger partial charge in [0.2, 0.25) is 0 Å². The van der Waals surface area contributed by atoms with Crippen LogP contribution in [-0.4, -0.2) is 11.2 Å². The lowest BCUT2D eigenvalue weighted by atomic mass is 9.47. The molecule has 0 aromatic rings. The van der Waals surface area contributed by atoms with Gasteiger partial charge in [-0.2, -0.15) is 0 Å².